The van der Waals surface area contributed by atoms with Crippen LogP contribution in [0.4, 0.5) is 5.69 Å². The Morgan fingerprint density at radius 3 is 1.85 bits per heavy atom. The van der Waals surface area contributed by atoms with Crippen molar-refractivity contribution in [3.05, 3.63) is 28.8 Å². The van der Waals surface area contributed by atoms with E-state index in [1.54, 1.807) is 0 Å². The second-order valence-corrected chi connectivity index (χ2v) is 6.15. The van der Waals surface area contributed by atoms with E-state index in [9.17, 15) is 0 Å². The Kier molecular flexibility index (Phi) is 3.15. The molecule has 72 valence electrons. The van der Waals surface area contributed by atoms with E-state index < -0.39 is 8.96 Å². The first-order chi connectivity index (χ1) is 6.00. The predicted octanol–water partition coefficient (Wildman–Crippen LogP) is 3.27. The maximum atomic E-state index is 3.57. The van der Waals surface area contributed by atoms with Gasteiger partial charge >= 0.3 is 0 Å². The van der Waals surface area contributed by atoms with E-state index in [0.717, 1.165) is 0 Å². The maximum absolute atomic E-state index is 3.57. The minimum Gasteiger partial charge on any atom is -0.557 e. The Bertz CT molecular complexity index is 282. The van der Waals surface area contributed by atoms with Gasteiger partial charge in [-0.3, -0.25) is 0 Å². The molecule has 1 nitrogen and oxygen atoms in total. The summed E-state index contributed by atoms with van der Waals surface area (Å²) >= 11 is 0. The number of hydrogen-bond acceptors (Lipinski definition) is 1. The Morgan fingerprint density at radius 1 is 1.00 bits per heavy atom. The van der Waals surface area contributed by atoms with Crippen molar-refractivity contribution >= 4 is 14.6 Å². The second-order valence-electron chi connectivity index (χ2n) is 3.90. The highest BCUT2D eigenvalue weighted by atomic mass is 28.3. The number of rotatable bonds is 2. The molecule has 1 rings (SSSR count). The fourth-order valence-electron chi connectivity index (χ4n) is 1.63. The number of hydrogen-bond donors (Lipinski definition) is 1. The van der Waals surface area contributed by atoms with Crippen molar-refractivity contribution in [1.29, 1.82) is 0 Å². The molecule has 0 saturated carbocycles. The fourth-order valence-corrected chi connectivity index (χ4v) is 2.52. The smallest absolute Gasteiger partial charge is 0.00233 e. The summed E-state index contributed by atoms with van der Waals surface area (Å²) in [6.07, 6.45) is 0. The molecule has 1 N–H and O–H groups in total. The van der Waals surface area contributed by atoms with Gasteiger partial charge in [-0.1, -0.05) is 17.7 Å². The van der Waals surface area contributed by atoms with Gasteiger partial charge in [0.1, 0.15) is 0 Å². The Balaban J connectivity index is 3.06. The van der Waals surface area contributed by atoms with Gasteiger partial charge in [0, 0.05) is 5.69 Å². The van der Waals surface area contributed by atoms with Crippen LogP contribution in [-0.2, 0) is 0 Å². The monoisotopic (exact) mass is 192 g/mol. The van der Waals surface area contributed by atoms with Crippen molar-refractivity contribution < 1.29 is 0 Å². The van der Waals surface area contributed by atoms with Crippen LogP contribution in [0.5, 0.6) is 0 Å². The zero-order valence-electron chi connectivity index (χ0n) is 9.15. The Morgan fingerprint density at radius 2 is 1.46 bits per heavy atom. The number of nitrogens with one attached hydrogen (secondary N) is 1. The first-order valence-electron chi connectivity index (χ1n) is 4.65. The molecular formula is C11H18NSi-. The van der Waals surface area contributed by atoms with Crippen LogP contribution >= 0.6 is 0 Å². The van der Waals surface area contributed by atoms with Crippen molar-refractivity contribution in [2.24, 2.45) is 0 Å². The van der Waals surface area contributed by atoms with Gasteiger partial charge in [0.15, 0.2) is 0 Å². The molecule has 13 heavy (non-hydrogen) atoms. The van der Waals surface area contributed by atoms with Crippen LogP contribution in [-0.4, -0.2) is 8.96 Å². The van der Waals surface area contributed by atoms with Gasteiger partial charge in [0.05, 0.1) is 0 Å². The zero-order valence-corrected chi connectivity index (χ0v) is 10.2. The number of aryl methyl sites for hydroxylation is 3. The number of benzene rings is 1. The van der Waals surface area contributed by atoms with Crippen molar-refractivity contribution in [1.82, 2.24) is 0 Å². The van der Waals surface area contributed by atoms with Gasteiger partial charge in [0.25, 0.3) is 0 Å². The van der Waals surface area contributed by atoms with Crippen LogP contribution in [0.1, 0.15) is 16.7 Å². The average Bonchev–Trinajstić information content (AvgIpc) is 1.96. The summed E-state index contributed by atoms with van der Waals surface area (Å²) in [6, 6.07) is 4.47. The molecule has 0 amide bonds. The first-order valence-corrected chi connectivity index (χ1v) is 7.15. The molecule has 0 unspecified atom stereocenters. The lowest BCUT2D eigenvalue weighted by molar-refractivity contribution is 1.32. The molecule has 0 saturated heterocycles. The average molecular weight is 192 g/mol. The fraction of sp³-hybridized carbons (Fsp3) is 0.455. The van der Waals surface area contributed by atoms with Gasteiger partial charge < -0.3 is 4.98 Å². The maximum Gasteiger partial charge on any atom is 0.00233 e. The van der Waals surface area contributed by atoms with E-state index in [1.165, 1.54) is 22.4 Å². The van der Waals surface area contributed by atoms with Gasteiger partial charge in [-0.2, -0.15) is 22.1 Å². The van der Waals surface area contributed by atoms with Gasteiger partial charge in [-0.05, 0) is 31.9 Å². The lowest BCUT2D eigenvalue weighted by Gasteiger charge is -2.25. The van der Waals surface area contributed by atoms with E-state index in [4.69, 9.17) is 0 Å². The van der Waals surface area contributed by atoms with Crippen molar-refractivity contribution in [3.8, 4) is 0 Å². The third-order valence-corrected chi connectivity index (χ3v) is 2.80. The third-order valence-electron chi connectivity index (χ3n) is 2.05. The van der Waals surface area contributed by atoms with Crippen LogP contribution in [0.2, 0.25) is 13.1 Å². The predicted molar refractivity (Wildman–Crippen MR) is 61.8 cm³/mol. The molecule has 0 aliphatic carbocycles. The van der Waals surface area contributed by atoms with Crippen LogP contribution in [0, 0.1) is 20.8 Å². The van der Waals surface area contributed by atoms with Crippen molar-refractivity contribution in [3.63, 3.8) is 0 Å². The third kappa shape index (κ3) is 2.59. The molecule has 0 spiro atoms. The van der Waals surface area contributed by atoms with Gasteiger partial charge in [-0.25, -0.2) is 0 Å². The quantitative estimate of drug-likeness (QED) is 0.709. The standard InChI is InChI=1S/C11H18NSi/c1-8-6-9(2)11(10(3)7-8)12-13(4)5/h6-7,12H,1-5H3/q-1. The summed E-state index contributed by atoms with van der Waals surface area (Å²) in [7, 11) is -0.394. The minimum atomic E-state index is -0.394. The summed E-state index contributed by atoms with van der Waals surface area (Å²) in [5, 5.41) is 0. The van der Waals surface area contributed by atoms with E-state index in [1.807, 2.05) is 0 Å². The summed E-state index contributed by atoms with van der Waals surface area (Å²) in [5.74, 6) is 0. The zero-order chi connectivity index (χ0) is 10.0. The van der Waals surface area contributed by atoms with Crippen LogP contribution in [0.25, 0.3) is 0 Å². The summed E-state index contributed by atoms with van der Waals surface area (Å²) < 4.78 is 0. The Labute approximate surface area is 82.9 Å². The van der Waals surface area contributed by atoms with Crippen LogP contribution in [0.3, 0.4) is 0 Å². The molecule has 0 fully saturated rings. The lowest BCUT2D eigenvalue weighted by atomic mass is 10.1. The van der Waals surface area contributed by atoms with Crippen molar-refractivity contribution in [2.45, 2.75) is 33.9 Å². The van der Waals surface area contributed by atoms with Gasteiger partial charge in [-0.15, -0.1) is 0 Å². The molecule has 2 heteroatoms. The topological polar surface area (TPSA) is 12.0 Å². The summed E-state index contributed by atoms with van der Waals surface area (Å²) in [6.45, 7) is 11.0. The van der Waals surface area contributed by atoms with Crippen molar-refractivity contribution in [2.75, 3.05) is 4.98 Å². The SMILES string of the molecule is Cc1cc(C)c(N[Si-](C)C)c(C)c1. The van der Waals surface area contributed by atoms with Crippen LogP contribution in [0.15, 0.2) is 12.1 Å². The molecular weight excluding hydrogens is 174 g/mol. The first kappa shape index (κ1) is 10.3. The van der Waals surface area contributed by atoms with E-state index in [2.05, 4.69) is 51.0 Å². The van der Waals surface area contributed by atoms with E-state index in [-0.39, 0.29) is 0 Å². The van der Waals surface area contributed by atoms with E-state index >= 15 is 0 Å². The number of anilines is 1. The second kappa shape index (κ2) is 3.96. The molecule has 0 bridgehead atoms. The highest BCUT2D eigenvalue weighted by Gasteiger charge is 1.99. The molecule has 0 aliphatic heterocycles. The molecule has 0 atom stereocenters. The molecule has 0 radical (unpaired) electrons. The normalized spacial score (nSPS) is 10.6. The molecule has 0 aliphatic rings. The summed E-state index contributed by atoms with van der Waals surface area (Å²) in [4.78, 5) is 3.57. The Hall–Kier alpha value is -0.763. The van der Waals surface area contributed by atoms with E-state index in [0.29, 0.717) is 0 Å². The molecule has 0 heterocycles. The molecule has 0 aromatic heterocycles. The van der Waals surface area contributed by atoms with Crippen LogP contribution < -0.4 is 4.98 Å². The molecule has 1 aromatic rings. The molecule has 1 aromatic carbocycles. The minimum absolute atomic E-state index is 0.394. The highest BCUT2D eigenvalue weighted by molar-refractivity contribution is 6.59. The van der Waals surface area contributed by atoms with Gasteiger partial charge in [0.2, 0.25) is 0 Å². The lowest BCUT2D eigenvalue weighted by Crippen LogP contribution is -2.16. The summed E-state index contributed by atoms with van der Waals surface area (Å²) in [5.41, 5.74) is 5.42. The highest BCUT2D eigenvalue weighted by Crippen LogP contribution is 2.21. The largest absolute Gasteiger partial charge is 0.557 e.